The van der Waals surface area contributed by atoms with Crippen molar-refractivity contribution < 1.29 is 42.9 Å². The third kappa shape index (κ3) is 7.79. The molecule has 6 rings (SSSR count). The number of imidazole rings is 2. The Morgan fingerprint density at radius 3 is 1.58 bits per heavy atom. The largest absolute Gasteiger partial charge is 0.478 e. The van der Waals surface area contributed by atoms with Crippen LogP contribution < -0.4 is 10.6 Å². The number of nitrogens with zero attached hydrogens (tertiary/aromatic N) is 8. The first-order chi connectivity index (χ1) is 25.1. The fraction of sp³-hybridized carbons (Fsp3) is 0.0909. The molecule has 0 aliphatic rings. The average molecular weight is 711 g/mol. The SMILES string of the molecule is O=C(Nc1cc(CCOCc2cc(NC(=O)c3ccc(-n4ccnc4)nn3)c(C(=O)O)cc2F)c(F)cc1C(=O)O)c1ccc(-n2ccnc2)nn1. The van der Waals surface area contributed by atoms with Gasteiger partial charge in [0.1, 0.15) is 24.3 Å². The molecule has 52 heavy (non-hydrogen) atoms. The van der Waals surface area contributed by atoms with Crippen molar-refractivity contribution in [2.24, 2.45) is 0 Å². The molecule has 0 aliphatic heterocycles. The number of benzene rings is 2. The summed E-state index contributed by atoms with van der Waals surface area (Å²) in [5, 5.41) is 39.7. The maximum absolute atomic E-state index is 14.9. The van der Waals surface area contributed by atoms with Gasteiger partial charge < -0.3 is 25.6 Å². The van der Waals surface area contributed by atoms with Crippen molar-refractivity contribution >= 4 is 35.1 Å². The van der Waals surface area contributed by atoms with E-state index in [4.69, 9.17) is 4.74 Å². The van der Waals surface area contributed by atoms with Crippen LogP contribution in [0.1, 0.15) is 52.8 Å². The second-order valence-corrected chi connectivity index (χ2v) is 10.8. The predicted molar refractivity (Wildman–Crippen MR) is 174 cm³/mol. The van der Waals surface area contributed by atoms with E-state index in [0.717, 1.165) is 24.3 Å². The molecule has 2 aromatic carbocycles. The highest BCUT2D eigenvalue weighted by molar-refractivity contribution is 6.07. The van der Waals surface area contributed by atoms with Crippen LogP contribution in [0, 0.1) is 11.6 Å². The molecule has 0 atom stereocenters. The summed E-state index contributed by atoms with van der Waals surface area (Å²) in [6, 6.07) is 9.41. The molecule has 17 nitrogen and oxygen atoms in total. The molecule has 0 radical (unpaired) electrons. The maximum Gasteiger partial charge on any atom is 0.337 e. The first kappa shape index (κ1) is 34.6. The van der Waals surface area contributed by atoms with Crippen LogP contribution in [0.3, 0.4) is 0 Å². The lowest BCUT2D eigenvalue weighted by molar-refractivity contribution is 0.0686. The average Bonchev–Trinajstić information content (AvgIpc) is 3.88. The van der Waals surface area contributed by atoms with Crippen LogP contribution in [0.5, 0.6) is 0 Å². The normalized spacial score (nSPS) is 10.9. The van der Waals surface area contributed by atoms with Gasteiger partial charge in [0.05, 0.1) is 35.7 Å². The Hall–Kier alpha value is -7.28. The lowest BCUT2D eigenvalue weighted by Crippen LogP contribution is -2.18. The van der Waals surface area contributed by atoms with Crippen LogP contribution in [0.25, 0.3) is 11.6 Å². The summed E-state index contributed by atoms with van der Waals surface area (Å²) in [5.41, 5.74) is -1.96. The van der Waals surface area contributed by atoms with Gasteiger partial charge in [0, 0.05) is 30.4 Å². The second-order valence-electron chi connectivity index (χ2n) is 10.8. The van der Waals surface area contributed by atoms with Gasteiger partial charge in [0.2, 0.25) is 0 Å². The van der Waals surface area contributed by atoms with E-state index >= 15 is 0 Å². The van der Waals surface area contributed by atoms with E-state index in [1.54, 1.807) is 21.5 Å². The molecular formula is C33H24F2N10O7. The molecule has 0 bridgehead atoms. The van der Waals surface area contributed by atoms with Gasteiger partial charge in [-0.1, -0.05) is 0 Å². The molecule has 4 N–H and O–H groups in total. The van der Waals surface area contributed by atoms with Gasteiger partial charge in [-0.25, -0.2) is 28.3 Å². The number of carboxylic acids is 2. The number of carbonyl (C=O) groups excluding carboxylic acids is 2. The number of carbonyl (C=O) groups is 4. The molecule has 0 saturated carbocycles. The van der Waals surface area contributed by atoms with Gasteiger partial charge in [-0.3, -0.25) is 18.7 Å². The monoisotopic (exact) mass is 710 g/mol. The number of nitrogens with one attached hydrogen (secondary N) is 2. The minimum atomic E-state index is -1.51. The van der Waals surface area contributed by atoms with E-state index in [9.17, 15) is 38.2 Å². The summed E-state index contributed by atoms with van der Waals surface area (Å²) in [6.45, 7) is -0.626. The van der Waals surface area contributed by atoms with Gasteiger partial charge in [-0.15, -0.1) is 20.4 Å². The highest BCUT2D eigenvalue weighted by Gasteiger charge is 2.21. The molecule has 0 aliphatic carbocycles. The van der Waals surface area contributed by atoms with Crippen LogP contribution in [0.15, 0.2) is 86.0 Å². The lowest BCUT2D eigenvalue weighted by atomic mass is 10.1. The summed E-state index contributed by atoms with van der Waals surface area (Å²) in [6.07, 6.45) is 9.13. The quantitative estimate of drug-likeness (QED) is 0.126. The van der Waals surface area contributed by atoms with Gasteiger partial charge in [-0.2, -0.15) is 0 Å². The van der Waals surface area contributed by atoms with Crippen molar-refractivity contribution in [2.45, 2.75) is 13.0 Å². The van der Waals surface area contributed by atoms with Crippen LogP contribution in [-0.2, 0) is 17.8 Å². The first-order valence-electron chi connectivity index (χ1n) is 15.0. The third-order valence-corrected chi connectivity index (χ3v) is 7.41. The highest BCUT2D eigenvalue weighted by Crippen LogP contribution is 2.25. The molecule has 19 heteroatoms. The van der Waals surface area contributed by atoms with E-state index in [2.05, 4.69) is 41.0 Å². The molecule has 4 aromatic heterocycles. The zero-order valence-corrected chi connectivity index (χ0v) is 26.5. The molecular weight excluding hydrogens is 686 g/mol. The Morgan fingerprint density at radius 2 is 1.15 bits per heavy atom. The Kier molecular flexibility index (Phi) is 10.0. The number of amides is 2. The van der Waals surface area contributed by atoms with Crippen LogP contribution in [-0.4, -0.2) is 80.1 Å². The van der Waals surface area contributed by atoms with Crippen LogP contribution in [0.2, 0.25) is 0 Å². The van der Waals surface area contributed by atoms with E-state index < -0.39 is 53.1 Å². The van der Waals surface area contributed by atoms with Crippen LogP contribution >= 0.6 is 0 Å². The smallest absolute Gasteiger partial charge is 0.337 e. The number of ether oxygens (including phenoxy) is 1. The standard InChI is InChI=1S/C33H24F2N10O7/c34-22-13-20(32(48)49)26(38-30(46)24-1-3-28(42-40-24)44-8-6-36-16-44)11-18(22)5-10-52-15-19-12-27(21(33(50)51)14-23(19)35)39-31(47)25-2-4-29(43-41-25)45-9-7-37-17-45/h1-4,6-9,11-14,16-17H,5,10,15H2,(H,38,46)(H,39,47)(H,48,49)(H,50,51). The fourth-order valence-corrected chi connectivity index (χ4v) is 4.79. The molecule has 262 valence electrons. The lowest BCUT2D eigenvalue weighted by Gasteiger charge is -2.13. The number of aromatic carboxylic acids is 2. The number of anilines is 2. The summed E-state index contributed by atoms with van der Waals surface area (Å²) < 4.78 is 38.5. The highest BCUT2D eigenvalue weighted by atomic mass is 19.1. The number of halogens is 2. The number of hydrogen-bond donors (Lipinski definition) is 4. The third-order valence-electron chi connectivity index (χ3n) is 7.41. The number of rotatable bonds is 13. The molecule has 0 spiro atoms. The molecule has 0 fully saturated rings. The minimum Gasteiger partial charge on any atom is -0.478 e. The van der Waals surface area contributed by atoms with Crippen molar-refractivity contribution in [3.8, 4) is 11.6 Å². The summed E-state index contributed by atoms with van der Waals surface area (Å²) in [5.74, 6) is -5.70. The number of carboxylic acid groups (broad SMARTS) is 2. The van der Waals surface area contributed by atoms with Crippen LogP contribution in [0.4, 0.5) is 20.2 Å². The Bertz CT molecular complexity index is 2110. The van der Waals surface area contributed by atoms with Crippen molar-refractivity contribution in [3.05, 3.63) is 131 Å². The van der Waals surface area contributed by atoms with Gasteiger partial charge in [0.15, 0.2) is 23.0 Å². The summed E-state index contributed by atoms with van der Waals surface area (Å²) in [7, 11) is 0. The Morgan fingerprint density at radius 1 is 0.673 bits per heavy atom. The molecule has 2 amide bonds. The van der Waals surface area contributed by atoms with Crippen molar-refractivity contribution in [3.63, 3.8) is 0 Å². The second kappa shape index (κ2) is 15.1. The van der Waals surface area contributed by atoms with Crippen molar-refractivity contribution in [1.29, 1.82) is 0 Å². The molecule has 4 heterocycles. The fourth-order valence-electron chi connectivity index (χ4n) is 4.79. The van der Waals surface area contributed by atoms with Crippen molar-refractivity contribution in [2.75, 3.05) is 17.2 Å². The topological polar surface area (TPSA) is 229 Å². The zero-order chi connectivity index (χ0) is 36.8. The summed E-state index contributed by atoms with van der Waals surface area (Å²) >= 11 is 0. The molecule has 0 unspecified atom stereocenters. The first-order valence-corrected chi connectivity index (χ1v) is 15.0. The minimum absolute atomic E-state index is 0.0309. The van der Waals surface area contributed by atoms with E-state index in [1.165, 1.54) is 49.3 Å². The van der Waals surface area contributed by atoms with E-state index in [-0.39, 0.29) is 46.9 Å². The van der Waals surface area contributed by atoms with Gasteiger partial charge in [0.25, 0.3) is 11.8 Å². The van der Waals surface area contributed by atoms with E-state index in [1.807, 2.05) is 0 Å². The number of hydrogen-bond acceptors (Lipinski definition) is 11. The van der Waals surface area contributed by atoms with Gasteiger partial charge >= 0.3 is 11.9 Å². The Labute approximate surface area is 290 Å². The maximum atomic E-state index is 14.9. The predicted octanol–water partition coefficient (Wildman–Crippen LogP) is 3.58. The summed E-state index contributed by atoms with van der Waals surface area (Å²) in [4.78, 5) is 57.2. The Balaban J connectivity index is 1.11. The zero-order valence-electron chi connectivity index (χ0n) is 26.5. The van der Waals surface area contributed by atoms with E-state index in [0.29, 0.717) is 11.6 Å². The molecule has 0 saturated heterocycles. The van der Waals surface area contributed by atoms with Crippen molar-refractivity contribution in [1.82, 2.24) is 39.5 Å². The van der Waals surface area contributed by atoms with Gasteiger partial charge in [-0.05, 0) is 60.5 Å². The number of aromatic nitrogens is 8. The molecule has 6 aromatic rings.